The molecule has 12 nitrogen and oxygen atoms in total. The van der Waals surface area contributed by atoms with Crippen molar-refractivity contribution < 1.29 is 28.5 Å². The molecule has 10 atom stereocenters. The number of carbonyl (C=O) groups is 2. The van der Waals surface area contributed by atoms with Crippen molar-refractivity contribution in [3.8, 4) is 0 Å². The van der Waals surface area contributed by atoms with Crippen LogP contribution in [-0.4, -0.2) is 63.3 Å². The van der Waals surface area contributed by atoms with E-state index >= 15 is 0 Å². The predicted molar refractivity (Wildman–Crippen MR) is 137 cm³/mol. The minimum atomic E-state index is -0.739. The Morgan fingerprint density at radius 1 is 0.700 bits per heavy atom. The lowest BCUT2D eigenvalue weighted by Gasteiger charge is -2.19. The molecule has 4 bridgehead atoms. The lowest BCUT2D eigenvalue weighted by Crippen LogP contribution is -2.53. The van der Waals surface area contributed by atoms with Crippen molar-refractivity contribution in [1.29, 1.82) is 0 Å². The SMILES string of the molecule is Cn1c(=O)n(CCCC(=O)OCC2CC3CC2C2OC32)c(=O)n(CCCC(=O)OCC2CC3CC2C2OC32)c1=O. The molecule has 0 spiro atoms. The number of ether oxygens (including phenoxy) is 4. The monoisotopic (exact) mass is 559 g/mol. The summed E-state index contributed by atoms with van der Waals surface area (Å²) in [6, 6.07) is 0. The molecule has 10 unspecified atom stereocenters. The van der Waals surface area contributed by atoms with Gasteiger partial charge in [0.25, 0.3) is 0 Å². The maximum Gasteiger partial charge on any atom is 0.336 e. The second-order valence-electron chi connectivity index (χ2n) is 12.7. The van der Waals surface area contributed by atoms with Crippen LogP contribution >= 0.6 is 0 Å². The molecule has 12 heteroatoms. The average Bonchev–Trinajstić information content (AvgIpc) is 3.78. The number of aromatic nitrogens is 3. The van der Waals surface area contributed by atoms with Gasteiger partial charge in [-0.3, -0.25) is 9.59 Å². The van der Waals surface area contributed by atoms with Crippen LogP contribution in [0.3, 0.4) is 0 Å². The van der Waals surface area contributed by atoms with Gasteiger partial charge in [-0.15, -0.1) is 0 Å². The third-order valence-corrected chi connectivity index (χ3v) is 10.4. The van der Waals surface area contributed by atoms with E-state index in [0.717, 1.165) is 26.5 Å². The van der Waals surface area contributed by atoms with Crippen LogP contribution in [0.5, 0.6) is 0 Å². The van der Waals surface area contributed by atoms with E-state index in [1.807, 2.05) is 0 Å². The van der Waals surface area contributed by atoms with Crippen molar-refractivity contribution in [2.24, 2.45) is 42.6 Å². The first-order valence-corrected chi connectivity index (χ1v) is 14.8. The maximum atomic E-state index is 13.0. The molecule has 6 aliphatic rings. The van der Waals surface area contributed by atoms with Crippen LogP contribution in [0, 0.1) is 35.5 Å². The standard InChI is InChI=1S/C28H37N3O9/c1-29-26(34)30(6-2-4-20(32)37-12-16-8-14-10-18(16)24-22(14)39-24)28(36)31(27(29)35)7-3-5-21(33)38-13-17-9-15-11-19(17)25-23(15)40-25/h14-19,22-25H,2-13H2,1H3. The molecule has 2 saturated heterocycles. The topological polar surface area (TPSA) is 144 Å². The number of nitrogens with zero attached hydrogens (tertiary/aromatic N) is 3. The van der Waals surface area contributed by atoms with Gasteiger partial charge in [-0.2, -0.15) is 0 Å². The lowest BCUT2D eigenvalue weighted by molar-refractivity contribution is -0.146. The van der Waals surface area contributed by atoms with Gasteiger partial charge in [0.15, 0.2) is 0 Å². The van der Waals surface area contributed by atoms with E-state index in [9.17, 15) is 24.0 Å². The van der Waals surface area contributed by atoms with Gasteiger partial charge in [-0.25, -0.2) is 28.1 Å². The lowest BCUT2D eigenvalue weighted by atomic mass is 9.89. The Kier molecular flexibility index (Phi) is 6.53. The molecule has 0 radical (unpaired) electrons. The van der Waals surface area contributed by atoms with Gasteiger partial charge in [-0.1, -0.05) is 0 Å². The third kappa shape index (κ3) is 4.56. The summed E-state index contributed by atoms with van der Waals surface area (Å²) in [4.78, 5) is 62.9. The zero-order valence-electron chi connectivity index (χ0n) is 22.8. The van der Waals surface area contributed by atoms with Crippen molar-refractivity contribution in [2.75, 3.05) is 13.2 Å². The van der Waals surface area contributed by atoms with Crippen LogP contribution in [0.25, 0.3) is 0 Å². The Bertz CT molecular complexity index is 1280. The molecule has 2 aliphatic heterocycles. The molecule has 0 N–H and O–H groups in total. The van der Waals surface area contributed by atoms with Gasteiger partial charge in [0, 0.05) is 33.0 Å². The Labute approximate surface area is 230 Å². The van der Waals surface area contributed by atoms with E-state index in [0.29, 0.717) is 73.1 Å². The summed E-state index contributed by atoms with van der Waals surface area (Å²) in [7, 11) is 1.31. The van der Waals surface area contributed by atoms with Crippen molar-refractivity contribution >= 4 is 11.9 Å². The van der Waals surface area contributed by atoms with Crippen molar-refractivity contribution in [3.63, 3.8) is 0 Å². The van der Waals surface area contributed by atoms with Crippen LogP contribution in [0.2, 0.25) is 0 Å². The number of epoxide rings is 2. The zero-order chi connectivity index (χ0) is 27.7. The first kappa shape index (κ1) is 26.2. The van der Waals surface area contributed by atoms with Gasteiger partial charge in [-0.05, 0) is 74.0 Å². The normalized spacial score (nSPS) is 37.3. The van der Waals surface area contributed by atoms with Crippen LogP contribution in [0.1, 0.15) is 51.4 Å². The first-order valence-electron chi connectivity index (χ1n) is 14.8. The van der Waals surface area contributed by atoms with Crippen LogP contribution in [0.4, 0.5) is 0 Å². The molecule has 4 saturated carbocycles. The minimum absolute atomic E-state index is 0.0102. The number of rotatable bonds is 12. The van der Waals surface area contributed by atoms with E-state index in [1.54, 1.807) is 0 Å². The number of hydrogen-bond donors (Lipinski definition) is 0. The van der Waals surface area contributed by atoms with Crippen molar-refractivity contribution in [3.05, 3.63) is 31.5 Å². The second-order valence-corrected chi connectivity index (χ2v) is 12.7. The molecule has 6 fully saturated rings. The van der Waals surface area contributed by atoms with E-state index < -0.39 is 17.1 Å². The highest BCUT2D eigenvalue weighted by molar-refractivity contribution is 5.69. The van der Waals surface area contributed by atoms with Gasteiger partial charge in [0.2, 0.25) is 0 Å². The molecule has 7 rings (SSSR count). The number of hydrogen-bond acceptors (Lipinski definition) is 9. The molecular weight excluding hydrogens is 522 g/mol. The molecule has 40 heavy (non-hydrogen) atoms. The van der Waals surface area contributed by atoms with E-state index in [4.69, 9.17) is 18.9 Å². The highest BCUT2D eigenvalue weighted by Gasteiger charge is 2.64. The Balaban J connectivity index is 0.870. The highest BCUT2D eigenvalue weighted by Crippen LogP contribution is 2.59. The van der Waals surface area contributed by atoms with Crippen molar-refractivity contribution in [2.45, 2.75) is 88.9 Å². The van der Waals surface area contributed by atoms with Gasteiger partial charge < -0.3 is 18.9 Å². The Morgan fingerprint density at radius 2 is 1.15 bits per heavy atom. The molecule has 0 amide bonds. The molecule has 0 aromatic carbocycles. The summed E-state index contributed by atoms with van der Waals surface area (Å²) < 4.78 is 25.1. The Morgan fingerprint density at radius 3 is 1.55 bits per heavy atom. The summed E-state index contributed by atoms with van der Waals surface area (Å²) in [5.41, 5.74) is -2.20. The van der Waals surface area contributed by atoms with Gasteiger partial charge in [0.1, 0.15) is 0 Å². The summed E-state index contributed by atoms with van der Waals surface area (Å²) in [5, 5.41) is 0. The number of fused-ring (bicyclic) bond motifs is 10. The smallest absolute Gasteiger partial charge is 0.336 e. The second kappa shape index (κ2) is 9.97. The van der Waals surface area contributed by atoms with Crippen molar-refractivity contribution in [1.82, 2.24) is 13.7 Å². The molecule has 4 aliphatic carbocycles. The highest BCUT2D eigenvalue weighted by atomic mass is 16.6. The van der Waals surface area contributed by atoms with Gasteiger partial charge >= 0.3 is 29.0 Å². The number of esters is 2. The first-order chi connectivity index (χ1) is 19.3. The summed E-state index contributed by atoms with van der Waals surface area (Å²) in [6.07, 6.45) is 6.62. The largest absolute Gasteiger partial charge is 0.465 e. The fraction of sp³-hybridized carbons (Fsp3) is 0.821. The van der Waals surface area contributed by atoms with E-state index in [2.05, 4.69) is 0 Å². The molecule has 1 aromatic heterocycles. The number of carbonyl (C=O) groups excluding carboxylic acids is 2. The molecule has 3 heterocycles. The average molecular weight is 560 g/mol. The summed E-state index contributed by atoms with van der Waals surface area (Å²) in [6.45, 7) is 0.755. The summed E-state index contributed by atoms with van der Waals surface area (Å²) >= 11 is 0. The quantitative estimate of drug-likeness (QED) is 0.259. The Hall–Kier alpha value is -2.73. The van der Waals surface area contributed by atoms with E-state index in [1.165, 1.54) is 19.9 Å². The zero-order valence-corrected chi connectivity index (χ0v) is 22.8. The van der Waals surface area contributed by atoms with Crippen LogP contribution in [0.15, 0.2) is 14.4 Å². The third-order valence-electron chi connectivity index (χ3n) is 10.4. The summed E-state index contributed by atoms with van der Waals surface area (Å²) in [5.74, 6) is 2.20. The minimum Gasteiger partial charge on any atom is -0.465 e. The fourth-order valence-electron chi connectivity index (χ4n) is 8.29. The predicted octanol–water partition coefficient (Wildman–Crippen LogP) is 0.202. The molecule has 218 valence electrons. The molecule has 1 aromatic rings. The van der Waals surface area contributed by atoms with Crippen LogP contribution in [-0.2, 0) is 48.7 Å². The molecular formula is C28H37N3O9. The van der Waals surface area contributed by atoms with Gasteiger partial charge in [0.05, 0.1) is 37.6 Å². The van der Waals surface area contributed by atoms with E-state index in [-0.39, 0.29) is 50.7 Å². The fourth-order valence-corrected chi connectivity index (χ4v) is 8.29. The maximum absolute atomic E-state index is 13.0. The van der Waals surface area contributed by atoms with Crippen LogP contribution < -0.4 is 17.1 Å².